The smallest absolute Gasteiger partial charge is 0.251 e. The number of nitrogens with one attached hydrogen (secondary N) is 1. The Hall–Kier alpha value is -4.06. The maximum atomic E-state index is 13.0. The molecule has 1 aromatic heterocycles. The lowest BCUT2D eigenvalue weighted by atomic mass is 10.1. The van der Waals surface area contributed by atoms with Crippen LogP contribution in [0.15, 0.2) is 91.1 Å². The highest BCUT2D eigenvalue weighted by atomic mass is 19.1. The Labute approximate surface area is 173 Å². The SMILES string of the molecule is O=C(NCc1ccc(F)cc1)c1ccc(-c2nccc(Oc3ccccc3)n2)cc1. The minimum atomic E-state index is -0.305. The van der Waals surface area contributed by atoms with E-state index in [1.807, 2.05) is 30.3 Å². The second-order valence-corrected chi connectivity index (χ2v) is 6.52. The maximum Gasteiger partial charge on any atom is 0.251 e. The summed E-state index contributed by atoms with van der Waals surface area (Å²) in [6.07, 6.45) is 1.63. The van der Waals surface area contributed by atoms with Gasteiger partial charge in [0.05, 0.1) is 0 Å². The fourth-order valence-corrected chi connectivity index (χ4v) is 2.80. The highest BCUT2D eigenvalue weighted by Crippen LogP contribution is 2.22. The average Bonchev–Trinajstić information content (AvgIpc) is 2.79. The normalized spacial score (nSPS) is 10.4. The van der Waals surface area contributed by atoms with Gasteiger partial charge in [-0.05, 0) is 42.0 Å². The molecule has 0 saturated carbocycles. The van der Waals surface area contributed by atoms with Gasteiger partial charge in [0.2, 0.25) is 5.88 Å². The van der Waals surface area contributed by atoms with Gasteiger partial charge in [-0.3, -0.25) is 4.79 Å². The van der Waals surface area contributed by atoms with Crippen LogP contribution in [-0.4, -0.2) is 15.9 Å². The van der Waals surface area contributed by atoms with Crippen molar-refractivity contribution in [1.29, 1.82) is 0 Å². The van der Waals surface area contributed by atoms with Gasteiger partial charge < -0.3 is 10.1 Å². The molecule has 0 atom stereocenters. The number of rotatable bonds is 6. The zero-order valence-electron chi connectivity index (χ0n) is 16.0. The molecule has 3 aromatic carbocycles. The third-order valence-corrected chi connectivity index (χ3v) is 4.37. The molecule has 0 unspecified atom stereocenters. The van der Waals surface area contributed by atoms with Crippen LogP contribution in [0.5, 0.6) is 11.6 Å². The van der Waals surface area contributed by atoms with Crippen LogP contribution in [-0.2, 0) is 6.54 Å². The van der Waals surface area contributed by atoms with Crippen LogP contribution in [0.4, 0.5) is 4.39 Å². The Kier molecular flexibility index (Phi) is 5.75. The van der Waals surface area contributed by atoms with Crippen molar-refractivity contribution in [1.82, 2.24) is 15.3 Å². The van der Waals surface area contributed by atoms with Crippen LogP contribution in [0.2, 0.25) is 0 Å². The van der Waals surface area contributed by atoms with Gasteiger partial charge >= 0.3 is 0 Å². The van der Waals surface area contributed by atoms with Gasteiger partial charge in [-0.1, -0.05) is 42.5 Å². The summed E-state index contributed by atoms with van der Waals surface area (Å²) in [7, 11) is 0. The molecule has 6 heteroatoms. The van der Waals surface area contributed by atoms with E-state index in [9.17, 15) is 9.18 Å². The van der Waals surface area contributed by atoms with Crippen LogP contribution >= 0.6 is 0 Å². The summed E-state index contributed by atoms with van der Waals surface area (Å²) < 4.78 is 18.7. The monoisotopic (exact) mass is 399 g/mol. The summed E-state index contributed by atoms with van der Waals surface area (Å²) in [4.78, 5) is 21.1. The van der Waals surface area contributed by atoms with E-state index >= 15 is 0 Å². The first kappa shape index (κ1) is 19.3. The van der Waals surface area contributed by atoms with Crippen LogP contribution in [0.3, 0.4) is 0 Å². The van der Waals surface area contributed by atoms with Gasteiger partial charge in [-0.15, -0.1) is 0 Å². The van der Waals surface area contributed by atoms with Crippen LogP contribution < -0.4 is 10.1 Å². The fraction of sp³-hybridized carbons (Fsp3) is 0.0417. The van der Waals surface area contributed by atoms with Crippen molar-refractivity contribution < 1.29 is 13.9 Å². The molecule has 30 heavy (non-hydrogen) atoms. The molecule has 5 nitrogen and oxygen atoms in total. The van der Waals surface area contributed by atoms with E-state index in [0.29, 0.717) is 29.6 Å². The quantitative estimate of drug-likeness (QED) is 0.495. The molecule has 0 radical (unpaired) electrons. The summed E-state index contributed by atoms with van der Waals surface area (Å²) >= 11 is 0. The van der Waals surface area contributed by atoms with E-state index in [-0.39, 0.29) is 11.7 Å². The van der Waals surface area contributed by atoms with Crippen molar-refractivity contribution in [3.63, 3.8) is 0 Å². The molecule has 1 heterocycles. The van der Waals surface area contributed by atoms with Crippen LogP contribution in [0.25, 0.3) is 11.4 Å². The van der Waals surface area contributed by atoms with Gasteiger partial charge in [-0.25, -0.2) is 9.37 Å². The highest BCUT2D eigenvalue weighted by Gasteiger charge is 2.08. The summed E-state index contributed by atoms with van der Waals surface area (Å²) in [5, 5.41) is 2.82. The van der Waals surface area contributed by atoms with E-state index in [0.717, 1.165) is 11.1 Å². The van der Waals surface area contributed by atoms with Gasteiger partial charge in [0, 0.05) is 29.9 Å². The molecule has 1 amide bonds. The van der Waals surface area contributed by atoms with Crippen molar-refractivity contribution >= 4 is 5.91 Å². The van der Waals surface area contributed by atoms with Crippen molar-refractivity contribution in [3.05, 3.63) is 108 Å². The lowest BCUT2D eigenvalue weighted by molar-refractivity contribution is 0.0951. The van der Waals surface area contributed by atoms with Crippen LogP contribution in [0.1, 0.15) is 15.9 Å². The molecule has 0 saturated heterocycles. The summed E-state index contributed by atoms with van der Waals surface area (Å²) in [6.45, 7) is 0.322. The number of carbonyl (C=O) groups is 1. The third kappa shape index (κ3) is 4.86. The first-order valence-electron chi connectivity index (χ1n) is 9.36. The van der Waals surface area contributed by atoms with Gasteiger partial charge in [0.1, 0.15) is 11.6 Å². The Morgan fingerprint density at radius 2 is 1.63 bits per heavy atom. The molecule has 0 bridgehead atoms. The minimum absolute atomic E-state index is 0.215. The maximum absolute atomic E-state index is 13.0. The Morgan fingerprint density at radius 3 is 2.37 bits per heavy atom. The summed E-state index contributed by atoms with van der Waals surface area (Å²) in [6, 6.07) is 24.1. The number of carbonyl (C=O) groups excluding carboxylic acids is 1. The predicted molar refractivity (Wildman–Crippen MR) is 112 cm³/mol. The number of hydrogen-bond acceptors (Lipinski definition) is 4. The van der Waals surface area contributed by atoms with Crippen molar-refractivity contribution in [2.75, 3.05) is 0 Å². The Bertz CT molecular complexity index is 1130. The second-order valence-electron chi connectivity index (χ2n) is 6.52. The lowest BCUT2D eigenvalue weighted by Crippen LogP contribution is -2.22. The topological polar surface area (TPSA) is 64.1 Å². The number of nitrogens with zero attached hydrogens (tertiary/aromatic N) is 2. The molecular formula is C24H18FN3O2. The van der Waals surface area contributed by atoms with E-state index in [4.69, 9.17) is 4.74 Å². The van der Waals surface area contributed by atoms with Gasteiger partial charge in [0.25, 0.3) is 5.91 Å². The molecule has 0 spiro atoms. The molecule has 4 aromatic rings. The summed E-state index contributed by atoms with van der Waals surface area (Å²) in [5.74, 6) is 1.11. The highest BCUT2D eigenvalue weighted by molar-refractivity contribution is 5.94. The fourth-order valence-electron chi connectivity index (χ4n) is 2.80. The first-order valence-corrected chi connectivity index (χ1v) is 9.36. The Balaban J connectivity index is 1.42. The van der Waals surface area contributed by atoms with Crippen molar-refractivity contribution in [2.24, 2.45) is 0 Å². The molecule has 0 aliphatic carbocycles. The molecule has 4 rings (SSSR count). The van der Waals surface area contributed by atoms with Crippen molar-refractivity contribution in [3.8, 4) is 23.0 Å². The molecule has 0 fully saturated rings. The van der Waals surface area contributed by atoms with Gasteiger partial charge in [0.15, 0.2) is 5.82 Å². The van der Waals surface area contributed by atoms with E-state index in [1.54, 1.807) is 48.7 Å². The number of halogens is 1. The molecule has 148 valence electrons. The van der Waals surface area contributed by atoms with E-state index in [2.05, 4.69) is 15.3 Å². The van der Waals surface area contributed by atoms with Crippen molar-refractivity contribution in [2.45, 2.75) is 6.54 Å². The molecule has 0 aliphatic heterocycles. The van der Waals surface area contributed by atoms with E-state index in [1.165, 1.54) is 12.1 Å². The largest absolute Gasteiger partial charge is 0.439 e. The average molecular weight is 399 g/mol. The number of ether oxygens (including phenoxy) is 1. The number of hydrogen-bond donors (Lipinski definition) is 1. The standard InChI is InChI=1S/C24H18FN3O2/c25-20-12-6-17(7-13-20)16-27-24(29)19-10-8-18(9-11-19)23-26-15-14-22(28-23)30-21-4-2-1-3-5-21/h1-15H,16H2,(H,27,29). The van der Waals surface area contributed by atoms with Crippen LogP contribution in [0, 0.1) is 5.82 Å². The minimum Gasteiger partial charge on any atom is -0.439 e. The number of amides is 1. The predicted octanol–water partition coefficient (Wildman–Crippen LogP) is 5.01. The molecular weight excluding hydrogens is 381 g/mol. The first-order chi connectivity index (χ1) is 14.7. The zero-order valence-corrected chi connectivity index (χ0v) is 16.0. The van der Waals surface area contributed by atoms with E-state index < -0.39 is 0 Å². The number of benzene rings is 3. The lowest BCUT2D eigenvalue weighted by Gasteiger charge is -2.08. The number of aromatic nitrogens is 2. The second kappa shape index (κ2) is 8.96. The Morgan fingerprint density at radius 1 is 0.900 bits per heavy atom. The summed E-state index contributed by atoms with van der Waals surface area (Å²) in [5.41, 5.74) is 2.10. The molecule has 1 N–H and O–H groups in total. The number of para-hydroxylation sites is 1. The zero-order chi connectivity index (χ0) is 20.8. The van der Waals surface area contributed by atoms with Gasteiger partial charge in [-0.2, -0.15) is 4.98 Å². The third-order valence-electron chi connectivity index (χ3n) is 4.37. The molecule has 0 aliphatic rings.